The molecule has 1 atom stereocenters. The number of nitrogens with one attached hydrogen (secondary N) is 1. The fourth-order valence-electron chi connectivity index (χ4n) is 3.20. The van der Waals surface area contributed by atoms with Crippen molar-refractivity contribution in [3.8, 4) is 11.8 Å². The number of pyridine rings is 1. The van der Waals surface area contributed by atoms with E-state index >= 15 is 0 Å². The van der Waals surface area contributed by atoms with Crippen LogP contribution in [0.4, 0.5) is 17.6 Å². The van der Waals surface area contributed by atoms with Crippen molar-refractivity contribution in [1.82, 2.24) is 24.5 Å². The molecule has 10 nitrogen and oxygen atoms in total. The van der Waals surface area contributed by atoms with Gasteiger partial charge in [0.05, 0.1) is 33.9 Å². The predicted octanol–water partition coefficient (Wildman–Crippen LogP) is 2.43. The number of para-hydroxylation sites is 1. The molecule has 1 aromatic carbocycles. The van der Waals surface area contributed by atoms with E-state index in [1.807, 2.05) is 6.07 Å². The fourth-order valence-corrected chi connectivity index (χ4v) is 3.41. The molecule has 0 aliphatic rings. The SMILES string of the molecule is CC(Nc1nc(N)nc(N)c1C#N)c1nc2c(Cl)cccc2c(=O)n1-c1cccnc1. The average molecular weight is 434 g/mol. The van der Waals surface area contributed by atoms with Gasteiger partial charge in [-0.1, -0.05) is 17.7 Å². The number of hydrogen-bond acceptors (Lipinski definition) is 9. The number of fused-ring (bicyclic) bond motifs is 1. The van der Waals surface area contributed by atoms with Crippen LogP contribution in [0, 0.1) is 11.3 Å². The second-order valence-electron chi connectivity index (χ2n) is 6.63. The molecular formula is C20H16ClN9O. The van der Waals surface area contributed by atoms with E-state index in [-0.39, 0.29) is 28.7 Å². The molecule has 0 aliphatic heterocycles. The number of nitrogen functional groups attached to an aromatic ring is 2. The Bertz CT molecular complexity index is 1400. The van der Waals surface area contributed by atoms with Gasteiger partial charge in [0.1, 0.15) is 23.3 Å². The van der Waals surface area contributed by atoms with E-state index in [9.17, 15) is 10.1 Å². The minimum absolute atomic E-state index is 0.0372. The lowest BCUT2D eigenvalue weighted by Crippen LogP contribution is -2.28. The van der Waals surface area contributed by atoms with E-state index in [0.717, 1.165) is 0 Å². The molecule has 0 spiro atoms. The van der Waals surface area contributed by atoms with Gasteiger partial charge in [0, 0.05) is 6.20 Å². The zero-order valence-corrected chi connectivity index (χ0v) is 17.0. The van der Waals surface area contributed by atoms with Crippen molar-refractivity contribution in [3.05, 3.63) is 69.5 Å². The zero-order chi connectivity index (χ0) is 22.1. The third-order valence-corrected chi connectivity index (χ3v) is 4.89. The summed E-state index contributed by atoms with van der Waals surface area (Å²) >= 11 is 6.31. The van der Waals surface area contributed by atoms with E-state index in [2.05, 4.69) is 25.3 Å². The van der Waals surface area contributed by atoms with Crippen LogP contribution in [0.3, 0.4) is 0 Å². The highest BCUT2D eigenvalue weighted by molar-refractivity contribution is 6.35. The highest BCUT2D eigenvalue weighted by Crippen LogP contribution is 2.26. The van der Waals surface area contributed by atoms with Gasteiger partial charge in [0.15, 0.2) is 5.82 Å². The largest absolute Gasteiger partial charge is 0.382 e. The molecule has 5 N–H and O–H groups in total. The molecule has 0 amide bonds. The number of rotatable bonds is 4. The number of nitrogens with zero attached hydrogens (tertiary/aromatic N) is 6. The van der Waals surface area contributed by atoms with Gasteiger partial charge in [0.2, 0.25) is 5.95 Å². The summed E-state index contributed by atoms with van der Waals surface area (Å²) < 4.78 is 1.43. The van der Waals surface area contributed by atoms with E-state index in [1.54, 1.807) is 49.6 Å². The summed E-state index contributed by atoms with van der Waals surface area (Å²) in [5.74, 6) is 0.318. The maximum atomic E-state index is 13.4. The van der Waals surface area contributed by atoms with E-state index in [4.69, 9.17) is 23.1 Å². The first-order valence-electron chi connectivity index (χ1n) is 9.12. The van der Waals surface area contributed by atoms with Crippen LogP contribution in [-0.4, -0.2) is 24.5 Å². The van der Waals surface area contributed by atoms with Crippen LogP contribution >= 0.6 is 11.6 Å². The van der Waals surface area contributed by atoms with E-state index < -0.39 is 6.04 Å². The minimum Gasteiger partial charge on any atom is -0.382 e. The monoisotopic (exact) mass is 433 g/mol. The quantitative estimate of drug-likeness (QED) is 0.438. The summed E-state index contributed by atoms with van der Waals surface area (Å²) in [4.78, 5) is 30.0. The zero-order valence-electron chi connectivity index (χ0n) is 16.2. The van der Waals surface area contributed by atoms with Gasteiger partial charge >= 0.3 is 0 Å². The molecule has 4 aromatic rings. The molecule has 0 bridgehead atoms. The first-order chi connectivity index (χ1) is 14.9. The minimum atomic E-state index is -0.602. The van der Waals surface area contributed by atoms with E-state index in [0.29, 0.717) is 27.4 Å². The molecule has 0 fully saturated rings. The lowest BCUT2D eigenvalue weighted by molar-refractivity contribution is 0.729. The fraction of sp³-hybridized carbons (Fsp3) is 0.100. The number of benzene rings is 1. The maximum absolute atomic E-state index is 13.4. The van der Waals surface area contributed by atoms with Gasteiger partial charge in [-0.05, 0) is 31.2 Å². The highest BCUT2D eigenvalue weighted by atomic mass is 35.5. The van der Waals surface area contributed by atoms with Crippen LogP contribution in [-0.2, 0) is 0 Å². The molecule has 31 heavy (non-hydrogen) atoms. The molecule has 0 saturated heterocycles. The number of aromatic nitrogens is 5. The Morgan fingerprint density at radius 1 is 1.19 bits per heavy atom. The number of nitriles is 1. The molecule has 0 radical (unpaired) electrons. The molecule has 3 aromatic heterocycles. The smallest absolute Gasteiger partial charge is 0.266 e. The van der Waals surface area contributed by atoms with Crippen LogP contribution in [0.1, 0.15) is 24.4 Å². The first-order valence-corrected chi connectivity index (χ1v) is 9.49. The number of hydrogen-bond donors (Lipinski definition) is 3. The molecule has 154 valence electrons. The van der Waals surface area contributed by atoms with Crippen molar-refractivity contribution in [2.75, 3.05) is 16.8 Å². The second-order valence-corrected chi connectivity index (χ2v) is 7.03. The van der Waals surface area contributed by atoms with Crippen molar-refractivity contribution in [3.63, 3.8) is 0 Å². The second kappa shape index (κ2) is 7.89. The van der Waals surface area contributed by atoms with Crippen LogP contribution in [0.2, 0.25) is 5.02 Å². The van der Waals surface area contributed by atoms with Crippen LogP contribution in [0.15, 0.2) is 47.5 Å². The Balaban J connectivity index is 1.94. The van der Waals surface area contributed by atoms with Gasteiger partial charge in [-0.2, -0.15) is 15.2 Å². The van der Waals surface area contributed by atoms with Gasteiger partial charge in [-0.15, -0.1) is 0 Å². The Labute approximate surface area is 181 Å². The molecule has 4 rings (SSSR count). The van der Waals surface area contributed by atoms with Gasteiger partial charge < -0.3 is 16.8 Å². The number of halogens is 1. The molecule has 0 aliphatic carbocycles. The summed E-state index contributed by atoms with van der Waals surface area (Å²) in [6.45, 7) is 1.76. The van der Waals surface area contributed by atoms with E-state index in [1.165, 1.54) is 4.57 Å². The lowest BCUT2D eigenvalue weighted by atomic mass is 10.2. The summed E-state index contributed by atoms with van der Waals surface area (Å²) in [5.41, 5.74) is 12.1. The van der Waals surface area contributed by atoms with Gasteiger partial charge in [-0.3, -0.25) is 14.3 Å². The van der Waals surface area contributed by atoms with Crippen molar-refractivity contribution >= 4 is 40.1 Å². The maximum Gasteiger partial charge on any atom is 0.266 e. The predicted molar refractivity (Wildman–Crippen MR) is 118 cm³/mol. The first kappa shape index (κ1) is 20.1. The van der Waals surface area contributed by atoms with Crippen molar-refractivity contribution in [2.24, 2.45) is 0 Å². The Hall–Kier alpha value is -4.23. The van der Waals surface area contributed by atoms with Crippen LogP contribution in [0.5, 0.6) is 0 Å². The molecule has 0 saturated carbocycles. The number of anilines is 3. The highest BCUT2D eigenvalue weighted by Gasteiger charge is 2.21. The summed E-state index contributed by atoms with van der Waals surface area (Å²) in [6, 6.07) is 9.81. The van der Waals surface area contributed by atoms with Gasteiger partial charge in [0.25, 0.3) is 5.56 Å². The summed E-state index contributed by atoms with van der Waals surface area (Å²) in [7, 11) is 0. The lowest BCUT2D eigenvalue weighted by Gasteiger charge is -2.20. The van der Waals surface area contributed by atoms with Crippen molar-refractivity contribution < 1.29 is 0 Å². The van der Waals surface area contributed by atoms with Crippen LogP contribution in [0.25, 0.3) is 16.6 Å². The number of nitrogens with two attached hydrogens (primary N) is 2. The Morgan fingerprint density at radius 2 is 2.00 bits per heavy atom. The van der Waals surface area contributed by atoms with Gasteiger partial charge in [-0.25, -0.2) is 4.98 Å². The molecule has 1 unspecified atom stereocenters. The third-order valence-electron chi connectivity index (χ3n) is 4.59. The third kappa shape index (κ3) is 3.58. The molecule has 11 heteroatoms. The van der Waals surface area contributed by atoms with Crippen molar-refractivity contribution in [2.45, 2.75) is 13.0 Å². The summed E-state index contributed by atoms with van der Waals surface area (Å²) in [6.07, 6.45) is 3.16. The Morgan fingerprint density at radius 3 is 2.71 bits per heavy atom. The normalized spacial score (nSPS) is 11.8. The molecule has 3 heterocycles. The van der Waals surface area contributed by atoms with Crippen molar-refractivity contribution in [1.29, 1.82) is 5.26 Å². The Kier molecular flexibility index (Phi) is 5.10. The van der Waals surface area contributed by atoms with Crippen LogP contribution < -0.4 is 22.3 Å². The molecular weight excluding hydrogens is 418 g/mol. The summed E-state index contributed by atoms with van der Waals surface area (Å²) in [5, 5.41) is 13.2. The topological polar surface area (TPSA) is 161 Å². The standard InChI is InChI=1S/C20H16ClN9O/c1-10(26-17-13(8-22)16(23)28-20(24)29-17)18-27-15-12(5-2-6-14(15)21)19(31)30(18)11-4-3-7-25-9-11/h2-7,9-10H,1H3,(H5,23,24,26,28,29). The average Bonchev–Trinajstić information content (AvgIpc) is 2.74.